The molecule has 0 spiro atoms. The number of allylic oxidation sites excluding steroid dienone is 4. The summed E-state index contributed by atoms with van der Waals surface area (Å²) in [5.41, 5.74) is 0. The van der Waals surface area contributed by atoms with Gasteiger partial charge in [-0.05, 0) is 64.2 Å². The summed E-state index contributed by atoms with van der Waals surface area (Å²) in [7, 11) is -4.75. The van der Waals surface area contributed by atoms with E-state index in [1.54, 1.807) is 0 Å². The van der Waals surface area contributed by atoms with Crippen molar-refractivity contribution in [1.82, 2.24) is 0 Å². The number of rotatable bonds is 38. The Kier molecular flexibility index (Phi) is 36.2. The molecule has 0 aromatic heterocycles. The number of unbranched alkanes of at least 4 members (excludes halogenated alkanes) is 24. The van der Waals surface area contributed by atoms with Crippen molar-refractivity contribution in [3.05, 3.63) is 24.3 Å². The third-order valence-corrected chi connectivity index (χ3v) is 9.43. The molecule has 2 N–H and O–H groups in total. The van der Waals surface area contributed by atoms with Gasteiger partial charge in [0.05, 0.1) is 6.61 Å². The number of carbonyl (C=O) groups excluding carboxylic acids is 2. The van der Waals surface area contributed by atoms with Gasteiger partial charge in [-0.25, -0.2) is 4.57 Å². The summed E-state index contributed by atoms with van der Waals surface area (Å²) in [5.74, 6) is -0.895. The van der Waals surface area contributed by atoms with Crippen molar-refractivity contribution >= 4 is 19.8 Å². The van der Waals surface area contributed by atoms with Crippen LogP contribution in [0.25, 0.3) is 0 Å². The van der Waals surface area contributed by atoms with E-state index in [0.717, 1.165) is 64.2 Å². The minimum Gasteiger partial charge on any atom is -0.462 e. The SMILES string of the molecule is CCCCCC/C=C\CCCCCCCC(=O)O[C@H](COC(=O)CCCCCCCCC/C=C\CCCCCCCCCC)COP(=O)(O)O. The summed E-state index contributed by atoms with van der Waals surface area (Å²) in [4.78, 5) is 42.8. The second-order valence-electron chi connectivity index (χ2n) is 14.0. The maximum atomic E-state index is 12.4. The first kappa shape index (κ1) is 48.5. The van der Waals surface area contributed by atoms with Gasteiger partial charge in [0.15, 0.2) is 6.10 Å². The molecule has 0 fully saturated rings. The van der Waals surface area contributed by atoms with Gasteiger partial charge in [0, 0.05) is 12.8 Å². The van der Waals surface area contributed by atoms with Crippen molar-refractivity contribution < 1.29 is 37.9 Å². The van der Waals surface area contributed by atoms with E-state index in [1.165, 1.54) is 109 Å². The molecule has 0 unspecified atom stereocenters. The fraction of sp³-hybridized carbons (Fsp3) is 0.854. The Morgan fingerprint density at radius 1 is 0.500 bits per heavy atom. The quantitative estimate of drug-likeness (QED) is 0.0279. The van der Waals surface area contributed by atoms with E-state index in [1.807, 2.05) is 0 Å². The van der Waals surface area contributed by atoms with Gasteiger partial charge in [-0.1, -0.05) is 154 Å². The molecule has 0 aromatic rings. The minimum absolute atomic E-state index is 0.202. The molecule has 0 heterocycles. The largest absolute Gasteiger partial charge is 0.469 e. The number of phosphoric acid groups is 1. The van der Waals surface area contributed by atoms with Gasteiger partial charge in [0.1, 0.15) is 6.61 Å². The zero-order valence-electron chi connectivity index (χ0n) is 32.3. The predicted molar refractivity (Wildman–Crippen MR) is 207 cm³/mol. The first-order valence-corrected chi connectivity index (χ1v) is 22.2. The van der Waals surface area contributed by atoms with Crippen molar-refractivity contribution in [3.63, 3.8) is 0 Å². The van der Waals surface area contributed by atoms with Crippen molar-refractivity contribution in [2.24, 2.45) is 0 Å². The van der Waals surface area contributed by atoms with E-state index in [9.17, 15) is 14.2 Å². The fourth-order valence-corrected chi connectivity index (χ4v) is 6.19. The lowest BCUT2D eigenvalue weighted by molar-refractivity contribution is -0.161. The molecule has 294 valence electrons. The minimum atomic E-state index is -4.75. The Hall–Kier alpha value is -1.47. The number of carbonyl (C=O) groups is 2. The lowest BCUT2D eigenvalue weighted by Gasteiger charge is -2.18. The molecule has 0 saturated carbocycles. The second kappa shape index (κ2) is 37.3. The van der Waals surface area contributed by atoms with Crippen molar-refractivity contribution in [2.45, 2.75) is 213 Å². The van der Waals surface area contributed by atoms with Crippen molar-refractivity contribution in [1.29, 1.82) is 0 Å². The Bertz CT molecular complexity index is 869. The molecule has 0 radical (unpaired) electrons. The zero-order chi connectivity index (χ0) is 36.8. The summed E-state index contributed by atoms with van der Waals surface area (Å²) >= 11 is 0. The Labute approximate surface area is 307 Å². The average Bonchev–Trinajstić information content (AvgIpc) is 3.08. The van der Waals surface area contributed by atoms with Gasteiger partial charge in [-0.2, -0.15) is 0 Å². The molecule has 0 amide bonds. The van der Waals surface area contributed by atoms with Crippen LogP contribution in [0.3, 0.4) is 0 Å². The Balaban J connectivity index is 3.90. The van der Waals surface area contributed by atoms with Crippen LogP contribution in [0.2, 0.25) is 0 Å². The van der Waals surface area contributed by atoms with Crippen LogP contribution in [0.4, 0.5) is 0 Å². The van der Waals surface area contributed by atoms with Gasteiger partial charge < -0.3 is 19.3 Å². The highest BCUT2D eigenvalue weighted by molar-refractivity contribution is 7.46. The summed E-state index contributed by atoms with van der Waals surface area (Å²) in [6, 6.07) is 0. The zero-order valence-corrected chi connectivity index (χ0v) is 33.2. The van der Waals surface area contributed by atoms with Gasteiger partial charge in [0.25, 0.3) is 0 Å². The molecule has 9 heteroatoms. The maximum absolute atomic E-state index is 12.4. The van der Waals surface area contributed by atoms with Crippen molar-refractivity contribution in [3.8, 4) is 0 Å². The highest BCUT2D eigenvalue weighted by Crippen LogP contribution is 2.36. The first-order valence-electron chi connectivity index (χ1n) is 20.6. The van der Waals surface area contributed by atoms with Crippen LogP contribution in [0.15, 0.2) is 24.3 Å². The molecule has 0 saturated heterocycles. The summed E-state index contributed by atoms with van der Waals surface area (Å²) in [6.07, 6.45) is 41.8. The standard InChI is InChI=1S/C41H77O8P/c1-3-5-7-9-11-13-15-17-18-19-20-21-22-24-25-27-29-31-33-35-40(42)47-37-39(38-48-50(44,45)46)49-41(43)36-34-32-30-28-26-23-16-14-12-10-8-6-4-2/h14,16,19-20,39H,3-13,15,17-18,21-38H2,1-2H3,(H2,44,45,46)/b16-14-,20-19-/t39-/m1/s1. The van der Waals surface area contributed by atoms with Gasteiger partial charge >= 0.3 is 19.8 Å². The van der Waals surface area contributed by atoms with Gasteiger partial charge in [-0.15, -0.1) is 0 Å². The molecule has 0 aromatic carbocycles. The van der Waals surface area contributed by atoms with Crippen molar-refractivity contribution in [2.75, 3.05) is 13.2 Å². The topological polar surface area (TPSA) is 119 Å². The van der Waals surface area contributed by atoms with Crippen LogP contribution in [0, 0.1) is 0 Å². The third-order valence-electron chi connectivity index (χ3n) is 8.94. The van der Waals surface area contributed by atoms with Crippen LogP contribution in [-0.4, -0.2) is 41.0 Å². The molecule has 0 aliphatic carbocycles. The molecular formula is C41H77O8P. The molecule has 0 rings (SSSR count). The first-order chi connectivity index (χ1) is 24.3. The highest BCUT2D eigenvalue weighted by atomic mass is 31.2. The number of hydrogen-bond acceptors (Lipinski definition) is 6. The average molecular weight is 729 g/mol. The van der Waals surface area contributed by atoms with Crippen LogP contribution in [0.5, 0.6) is 0 Å². The molecule has 50 heavy (non-hydrogen) atoms. The normalized spacial score (nSPS) is 12.6. The second-order valence-corrected chi connectivity index (χ2v) is 15.2. The monoisotopic (exact) mass is 729 g/mol. The van der Waals surface area contributed by atoms with E-state index < -0.39 is 32.5 Å². The number of esters is 2. The number of phosphoric ester groups is 1. The summed E-state index contributed by atoms with van der Waals surface area (Å²) < 4.78 is 26.3. The number of hydrogen-bond donors (Lipinski definition) is 2. The molecule has 0 bridgehead atoms. The van der Waals surface area contributed by atoms with E-state index in [4.69, 9.17) is 19.3 Å². The highest BCUT2D eigenvalue weighted by Gasteiger charge is 2.22. The molecule has 8 nitrogen and oxygen atoms in total. The lowest BCUT2D eigenvalue weighted by Crippen LogP contribution is -2.29. The fourth-order valence-electron chi connectivity index (χ4n) is 5.83. The molecule has 1 atom stereocenters. The van der Waals surface area contributed by atoms with Crippen LogP contribution < -0.4 is 0 Å². The smallest absolute Gasteiger partial charge is 0.462 e. The van der Waals surface area contributed by atoms with E-state index in [-0.39, 0.29) is 19.4 Å². The van der Waals surface area contributed by atoms with E-state index in [0.29, 0.717) is 6.42 Å². The van der Waals surface area contributed by atoms with Gasteiger partial charge in [0.2, 0.25) is 0 Å². The summed E-state index contributed by atoms with van der Waals surface area (Å²) in [5, 5.41) is 0. The number of ether oxygens (including phenoxy) is 2. The Morgan fingerprint density at radius 3 is 1.24 bits per heavy atom. The molecule has 0 aliphatic rings. The van der Waals surface area contributed by atoms with Crippen LogP contribution in [-0.2, 0) is 28.2 Å². The van der Waals surface area contributed by atoms with E-state index in [2.05, 4.69) is 42.7 Å². The van der Waals surface area contributed by atoms with Crippen LogP contribution >= 0.6 is 7.82 Å². The van der Waals surface area contributed by atoms with Gasteiger partial charge in [-0.3, -0.25) is 14.1 Å². The Morgan fingerprint density at radius 2 is 0.840 bits per heavy atom. The third kappa shape index (κ3) is 39.3. The van der Waals surface area contributed by atoms with E-state index >= 15 is 0 Å². The maximum Gasteiger partial charge on any atom is 0.469 e. The predicted octanol–water partition coefficient (Wildman–Crippen LogP) is 12.4. The van der Waals surface area contributed by atoms with Crippen LogP contribution in [0.1, 0.15) is 206 Å². The lowest BCUT2D eigenvalue weighted by atomic mass is 10.1. The summed E-state index contributed by atoms with van der Waals surface area (Å²) in [6.45, 7) is 3.66. The molecular weight excluding hydrogens is 651 g/mol. The molecule has 0 aliphatic heterocycles.